The lowest BCUT2D eigenvalue weighted by Gasteiger charge is -2.44. The minimum absolute atomic E-state index is 0.218. The summed E-state index contributed by atoms with van der Waals surface area (Å²) < 4.78 is 18.8. The van der Waals surface area contributed by atoms with Crippen molar-refractivity contribution in [2.24, 2.45) is 5.92 Å². The van der Waals surface area contributed by atoms with Crippen molar-refractivity contribution in [2.75, 3.05) is 32.9 Å². The highest BCUT2D eigenvalue weighted by Gasteiger charge is 2.46. The van der Waals surface area contributed by atoms with Crippen molar-refractivity contribution in [3.8, 4) is 11.3 Å². The Labute approximate surface area is 206 Å². The molecule has 1 aromatic heterocycles. The molecule has 6 N–H and O–H groups in total. The number of nitrogens with one attached hydrogen (secondary N) is 3. The summed E-state index contributed by atoms with van der Waals surface area (Å²) in [4.78, 5) is 20.2. The monoisotopic (exact) mass is 507 g/mol. The van der Waals surface area contributed by atoms with Crippen LogP contribution in [0.3, 0.4) is 0 Å². The Morgan fingerprint density at radius 1 is 1.20 bits per heavy atom. The molecule has 0 spiro atoms. The number of thiazole rings is 1. The summed E-state index contributed by atoms with van der Waals surface area (Å²) in [5.41, 5.74) is 1.39. The van der Waals surface area contributed by atoms with Gasteiger partial charge in [-0.3, -0.25) is 20.3 Å². The third kappa shape index (κ3) is 5.11. The van der Waals surface area contributed by atoms with E-state index in [0.717, 1.165) is 5.56 Å². The molecule has 2 saturated heterocycles. The summed E-state index contributed by atoms with van der Waals surface area (Å²) >= 11 is 1.33. The van der Waals surface area contributed by atoms with Gasteiger partial charge in [0.1, 0.15) is 23.0 Å². The zero-order valence-electron chi connectivity index (χ0n) is 19.0. The van der Waals surface area contributed by atoms with Crippen LogP contribution in [0.2, 0.25) is 0 Å². The number of ether oxygens (including phenoxy) is 1. The molecule has 1 aliphatic carbocycles. The topological polar surface area (TPSA) is 139 Å². The van der Waals surface area contributed by atoms with E-state index in [-0.39, 0.29) is 18.3 Å². The number of halogens is 1. The van der Waals surface area contributed by atoms with E-state index in [1.54, 1.807) is 12.1 Å². The molecule has 3 aliphatic rings. The third-order valence-electron chi connectivity index (χ3n) is 7.00. The zero-order valence-corrected chi connectivity index (χ0v) is 19.8. The van der Waals surface area contributed by atoms with Crippen molar-refractivity contribution in [3.63, 3.8) is 0 Å². The Morgan fingerprint density at radius 2 is 1.94 bits per heavy atom. The first-order valence-electron chi connectivity index (χ1n) is 11.8. The normalized spacial score (nSPS) is 34.2. The number of rotatable bonds is 6. The first-order valence-corrected chi connectivity index (χ1v) is 12.6. The number of nitrogens with zero attached hydrogens (tertiary/aromatic N) is 2. The molecule has 12 heteroatoms. The van der Waals surface area contributed by atoms with Gasteiger partial charge in [0.25, 0.3) is 0 Å². The Balaban J connectivity index is 1.40. The van der Waals surface area contributed by atoms with Gasteiger partial charge in [0.2, 0.25) is 5.91 Å². The van der Waals surface area contributed by atoms with Gasteiger partial charge in [-0.05, 0) is 30.7 Å². The summed E-state index contributed by atoms with van der Waals surface area (Å²) in [5.74, 6) is -1.70. The summed E-state index contributed by atoms with van der Waals surface area (Å²) in [5, 5.41) is 42.6. The number of morpholine rings is 1. The van der Waals surface area contributed by atoms with Crippen molar-refractivity contribution in [1.29, 1.82) is 0 Å². The molecule has 1 amide bonds. The van der Waals surface area contributed by atoms with Gasteiger partial charge in [0.05, 0.1) is 37.3 Å². The minimum atomic E-state index is -1.08. The van der Waals surface area contributed by atoms with Gasteiger partial charge in [-0.2, -0.15) is 0 Å². The fourth-order valence-electron chi connectivity index (χ4n) is 5.00. The Hall–Kier alpha value is -2.03. The number of amides is 1. The maximum atomic E-state index is 13.4. The highest BCUT2D eigenvalue weighted by atomic mass is 32.1. The van der Waals surface area contributed by atoms with Gasteiger partial charge < -0.3 is 25.4 Å². The molecule has 190 valence electrons. The van der Waals surface area contributed by atoms with Crippen molar-refractivity contribution >= 4 is 17.2 Å². The number of benzene rings is 1. The van der Waals surface area contributed by atoms with Crippen LogP contribution in [0.1, 0.15) is 17.3 Å². The number of carbonyl (C=O) groups is 1. The fraction of sp³-hybridized carbons (Fsp3) is 0.565. The van der Waals surface area contributed by atoms with Crippen LogP contribution in [0, 0.1) is 11.7 Å². The van der Waals surface area contributed by atoms with Crippen LogP contribution >= 0.6 is 11.3 Å². The molecule has 3 fully saturated rings. The van der Waals surface area contributed by atoms with E-state index < -0.39 is 42.5 Å². The number of aliphatic hydroxyl groups is 3. The lowest BCUT2D eigenvalue weighted by Crippen LogP contribution is -2.71. The first kappa shape index (κ1) is 24.7. The summed E-state index contributed by atoms with van der Waals surface area (Å²) in [6, 6.07) is 5.50. The smallest absolute Gasteiger partial charge is 0.235 e. The average Bonchev–Trinajstić information content (AvgIpc) is 3.45. The second-order valence-corrected chi connectivity index (χ2v) is 10.1. The maximum absolute atomic E-state index is 13.4. The number of aromatic nitrogens is 1. The highest BCUT2D eigenvalue weighted by molar-refractivity contribution is 7.10. The van der Waals surface area contributed by atoms with Crippen molar-refractivity contribution in [2.45, 2.75) is 43.0 Å². The van der Waals surface area contributed by atoms with E-state index in [0.29, 0.717) is 43.4 Å². The van der Waals surface area contributed by atoms with Gasteiger partial charge >= 0.3 is 0 Å². The molecule has 7 atom stereocenters. The molecule has 10 nitrogen and oxygen atoms in total. The van der Waals surface area contributed by atoms with Crippen molar-refractivity contribution in [1.82, 2.24) is 25.8 Å². The third-order valence-corrected chi connectivity index (χ3v) is 7.93. The molecule has 5 rings (SSSR count). The molecule has 0 bridgehead atoms. The lowest BCUT2D eigenvalue weighted by atomic mass is 10.0. The van der Waals surface area contributed by atoms with E-state index in [9.17, 15) is 24.5 Å². The molecule has 1 saturated carbocycles. The molecular weight excluding hydrogens is 477 g/mol. The minimum Gasteiger partial charge on any atom is -0.396 e. The zero-order chi connectivity index (χ0) is 24.5. The van der Waals surface area contributed by atoms with Crippen molar-refractivity contribution in [3.05, 3.63) is 40.5 Å². The second-order valence-electron chi connectivity index (χ2n) is 9.19. The molecule has 35 heavy (non-hydrogen) atoms. The van der Waals surface area contributed by atoms with E-state index in [4.69, 9.17) is 4.74 Å². The van der Waals surface area contributed by atoms with Crippen LogP contribution in [0.15, 0.2) is 29.6 Å². The van der Waals surface area contributed by atoms with Crippen LogP contribution in [-0.4, -0.2) is 94.7 Å². The van der Waals surface area contributed by atoms with Crippen LogP contribution in [-0.2, 0) is 9.53 Å². The van der Waals surface area contributed by atoms with Crippen LogP contribution in [0.4, 0.5) is 4.39 Å². The largest absolute Gasteiger partial charge is 0.396 e. The summed E-state index contributed by atoms with van der Waals surface area (Å²) in [6.45, 7) is 2.20. The maximum Gasteiger partial charge on any atom is 0.235 e. The Bertz CT molecular complexity index is 1020. The molecule has 2 aliphatic heterocycles. The van der Waals surface area contributed by atoms with Crippen LogP contribution in [0.5, 0.6) is 0 Å². The van der Waals surface area contributed by atoms with Crippen molar-refractivity contribution < 1.29 is 29.2 Å². The van der Waals surface area contributed by atoms with E-state index in [1.165, 1.54) is 23.5 Å². The van der Waals surface area contributed by atoms with Gasteiger partial charge in [-0.25, -0.2) is 9.37 Å². The SMILES string of the molecule is O=C1NC(N2CCOCC2)NC(N[C@@H]2C[C@H](CO)[C@@H](O)[C@H]2O)C1c1nc(-c2ccc(F)cc2)cs1. The molecular formula is C23H30FN5O5S. The van der Waals surface area contributed by atoms with Crippen LogP contribution in [0.25, 0.3) is 11.3 Å². The first-order chi connectivity index (χ1) is 16.9. The predicted molar refractivity (Wildman–Crippen MR) is 126 cm³/mol. The van der Waals surface area contributed by atoms with Gasteiger partial charge in [0, 0.05) is 42.6 Å². The second kappa shape index (κ2) is 10.5. The van der Waals surface area contributed by atoms with Gasteiger partial charge in [-0.15, -0.1) is 11.3 Å². The number of hydrogen-bond acceptors (Lipinski definition) is 10. The number of aliphatic hydroxyl groups excluding tert-OH is 3. The van der Waals surface area contributed by atoms with Crippen LogP contribution < -0.4 is 16.0 Å². The molecule has 0 radical (unpaired) electrons. The van der Waals surface area contributed by atoms with E-state index >= 15 is 0 Å². The Kier molecular flexibility index (Phi) is 7.42. The Morgan fingerprint density at radius 3 is 2.63 bits per heavy atom. The lowest BCUT2D eigenvalue weighted by molar-refractivity contribution is -0.131. The van der Waals surface area contributed by atoms with E-state index in [2.05, 4.69) is 25.8 Å². The van der Waals surface area contributed by atoms with E-state index in [1.807, 2.05) is 5.38 Å². The standard InChI is InChI=1S/C23H30FN5O5S/c24-14-3-1-12(2-4-14)16-11-35-22(26-16)17-20(25-15-9-13(10-30)18(31)19(15)32)27-23(28-21(17)33)29-5-7-34-8-6-29/h1-4,11,13,15,17-20,23,25,27,30-32H,5-10H2,(H,28,33)/t13-,15-,17?,18-,19+,20?,23?/m1/s1. The number of carbonyl (C=O) groups excluding carboxylic acids is 1. The molecule has 2 aromatic rings. The number of hydrogen-bond donors (Lipinski definition) is 6. The summed E-state index contributed by atoms with van der Waals surface area (Å²) in [6.07, 6.45) is -2.78. The molecule has 3 heterocycles. The van der Waals surface area contributed by atoms with Gasteiger partial charge in [-0.1, -0.05) is 0 Å². The highest BCUT2D eigenvalue weighted by Crippen LogP contribution is 2.32. The molecule has 1 aromatic carbocycles. The summed E-state index contributed by atoms with van der Waals surface area (Å²) in [7, 11) is 0. The predicted octanol–water partition coefficient (Wildman–Crippen LogP) is -0.614. The quantitative estimate of drug-likeness (QED) is 0.302. The van der Waals surface area contributed by atoms with Gasteiger partial charge in [0.15, 0.2) is 0 Å². The average molecular weight is 508 g/mol. The fourth-order valence-corrected chi connectivity index (χ4v) is 5.96. The molecule has 3 unspecified atom stereocenters.